The molecule has 6 aromatic carbocycles. The molecule has 320 valence electrons. The second-order valence-electron chi connectivity index (χ2n) is 15.5. The van der Waals surface area contributed by atoms with Crippen LogP contribution in [0.25, 0.3) is 0 Å². The third kappa shape index (κ3) is 15.0. The van der Waals surface area contributed by atoms with Crippen molar-refractivity contribution in [2.45, 2.75) is 70.5 Å². The summed E-state index contributed by atoms with van der Waals surface area (Å²) in [7, 11) is 0. The zero-order valence-corrected chi connectivity index (χ0v) is 43.4. The summed E-state index contributed by atoms with van der Waals surface area (Å²) in [5.41, 5.74) is 7.15. The molecule has 0 aliphatic heterocycles. The number of aromatic carboxylic acids is 3. The van der Waals surface area contributed by atoms with Crippen LogP contribution in [0.5, 0.6) is 17.2 Å². The topological polar surface area (TPSA) is 217 Å². The molecule has 0 aromatic heterocycles. The predicted octanol–water partition coefficient (Wildman–Crippen LogP) is -2.40. The molecule has 0 heterocycles. The Balaban J connectivity index is 0.00000374. The zero-order chi connectivity index (χ0) is 44.3. The van der Waals surface area contributed by atoms with Crippen LogP contribution < -0.4 is 120 Å². The molecule has 6 N–H and O–H groups in total. The van der Waals surface area contributed by atoms with Crippen molar-refractivity contribution < 1.29 is 134 Å². The van der Waals surface area contributed by atoms with E-state index in [-0.39, 0.29) is 140 Å². The maximum absolute atomic E-state index is 11.4. The van der Waals surface area contributed by atoms with E-state index in [1.807, 2.05) is 24.3 Å². The largest absolute Gasteiger partial charge is 1.00 e. The number of rotatable bonds is 20. The van der Waals surface area contributed by atoms with Crippen LogP contribution in [0, 0.1) is 0 Å². The Morgan fingerprint density at radius 3 is 1.49 bits per heavy atom. The molecule has 0 saturated carbocycles. The van der Waals surface area contributed by atoms with Crippen LogP contribution in [-0.4, -0.2) is 33.2 Å². The van der Waals surface area contributed by atoms with Crippen LogP contribution in [-0.2, 0) is 19.6 Å². The maximum atomic E-state index is 11.4. The minimum atomic E-state index is -1.45. The van der Waals surface area contributed by atoms with Gasteiger partial charge in [-0.15, -0.1) is 0 Å². The minimum absolute atomic E-state index is 0. The first-order chi connectivity index (χ1) is 29.8. The van der Waals surface area contributed by atoms with E-state index in [0.29, 0.717) is 36.7 Å². The van der Waals surface area contributed by atoms with Gasteiger partial charge in [0.15, 0.2) is 0 Å². The van der Waals surface area contributed by atoms with Crippen LogP contribution >= 0.6 is 0 Å². The number of benzene rings is 6. The van der Waals surface area contributed by atoms with E-state index in [9.17, 15) is 45.0 Å². The molecule has 0 bridgehead atoms. The first-order valence-corrected chi connectivity index (χ1v) is 20.4. The maximum Gasteiger partial charge on any atom is 1.00 e. The number of carbonyl (C=O) groups is 3. The average Bonchev–Trinajstić information content (AvgIpc) is 3.26. The molecule has 0 radical (unpaired) electrons. The Bertz CT molecular complexity index is 2520. The van der Waals surface area contributed by atoms with Crippen molar-refractivity contribution in [1.82, 2.24) is 0 Å². The van der Waals surface area contributed by atoms with E-state index in [1.54, 1.807) is 24.3 Å². The van der Waals surface area contributed by atoms with Gasteiger partial charge in [-0.05, 0) is 113 Å². The first-order valence-electron chi connectivity index (χ1n) is 20.4. The number of aromatic hydroxyl groups is 3. The van der Waals surface area contributed by atoms with Crippen LogP contribution in [0.1, 0.15) is 115 Å². The Morgan fingerprint density at radius 2 is 0.985 bits per heavy atom. The van der Waals surface area contributed by atoms with Gasteiger partial charge in [0.2, 0.25) is 0 Å². The smallest absolute Gasteiger partial charge is 0.545 e. The van der Waals surface area contributed by atoms with Crippen molar-refractivity contribution in [3.8, 4) is 17.2 Å². The Morgan fingerprint density at radius 1 is 0.508 bits per heavy atom. The number of hydrogen-bond donors (Lipinski definition) is 6. The Kier molecular flexibility index (Phi) is 22.0. The summed E-state index contributed by atoms with van der Waals surface area (Å²) in [5.74, 6) is -4.80. The standard InChI is InChI=1S/C50H51N3O9.3Na/c1-3-34(36-15-9-33(10-16-36)29-53-44-6-4-5-42(47(44)56)49(59)60)24-38(37-17-11-32(12-18-37)28-52-40-19-21-41(48(57)58)46(55)26-40)23-30(2)35-13-7-31(8-14-35)27-51-39-20-22-45(54)43(25-39)50(61)62;;;/h4-22,25-26,30,34,38,51-56H,3,23-24,27-29H2,1-2H3,(H,57,58)(H,59,60)(H,61,62);;;/q;3*+1/p-3. The molecule has 0 fully saturated rings. The van der Waals surface area contributed by atoms with Crippen molar-refractivity contribution in [2.24, 2.45) is 0 Å². The Hall–Kier alpha value is -4.47. The fourth-order valence-corrected chi connectivity index (χ4v) is 7.67. The third-order valence-corrected chi connectivity index (χ3v) is 11.3. The Labute approximate surface area is 445 Å². The number of nitrogens with one attached hydrogen (secondary N) is 3. The number of carboxylic acids is 3. The van der Waals surface area contributed by atoms with Crippen molar-refractivity contribution >= 4 is 35.0 Å². The van der Waals surface area contributed by atoms with E-state index in [2.05, 4.69) is 78.3 Å². The fraction of sp³-hybridized carbons (Fsp3) is 0.220. The summed E-state index contributed by atoms with van der Waals surface area (Å²) in [6.07, 6.45) is 2.66. The molecule has 0 aliphatic rings. The number of anilines is 3. The molecule has 15 heteroatoms. The van der Waals surface area contributed by atoms with Crippen LogP contribution in [0.15, 0.2) is 127 Å². The number of phenols is 3. The van der Waals surface area contributed by atoms with Gasteiger partial charge < -0.3 is 61.0 Å². The van der Waals surface area contributed by atoms with Gasteiger partial charge >= 0.3 is 88.7 Å². The number of hydrogen-bond acceptors (Lipinski definition) is 12. The molecule has 3 unspecified atom stereocenters. The third-order valence-electron chi connectivity index (χ3n) is 11.3. The van der Waals surface area contributed by atoms with E-state index in [0.717, 1.165) is 36.0 Å². The van der Waals surface area contributed by atoms with Gasteiger partial charge in [-0.2, -0.15) is 0 Å². The van der Waals surface area contributed by atoms with Gasteiger partial charge in [0, 0.05) is 53.8 Å². The summed E-state index contributed by atoms with van der Waals surface area (Å²) >= 11 is 0. The first kappa shape index (κ1) is 54.9. The molecule has 12 nitrogen and oxygen atoms in total. The molecule has 0 amide bonds. The van der Waals surface area contributed by atoms with Gasteiger partial charge in [0.05, 0.1) is 23.6 Å². The molecule has 3 atom stereocenters. The van der Waals surface area contributed by atoms with E-state index in [4.69, 9.17) is 0 Å². The van der Waals surface area contributed by atoms with Gasteiger partial charge in [0.1, 0.15) is 17.2 Å². The summed E-state index contributed by atoms with van der Waals surface area (Å²) in [4.78, 5) is 33.9. The van der Waals surface area contributed by atoms with E-state index in [1.165, 1.54) is 47.0 Å². The molecule has 65 heavy (non-hydrogen) atoms. The average molecular weight is 904 g/mol. The summed E-state index contributed by atoms with van der Waals surface area (Å²) < 4.78 is 0. The van der Waals surface area contributed by atoms with Crippen molar-refractivity contribution in [2.75, 3.05) is 16.0 Å². The monoisotopic (exact) mass is 903 g/mol. The van der Waals surface area contributed by atoms with Crippen molar-refractivity contribution in [3.05, 3.63) is 177 Å². The van der Waals surface area contributed by atoms with Crippen LogP contribution in [0.2, 0.25) is 0 Å². The van der Waals surface area contributed by atoms with Crippen LogP contribution in [0.3, 0.4) is 0 Å². The van der Waals surface area contributed by atoms with Gasteiger partial charge in [0.25, 0.3) is 0 Å². The molecular formula is C50H48N3Na3O9. The molecule has 0 saturated heterocycles. The predicted molar refractivity (Wildman–Crippen MR) is 232 cm³/mol. The molecule has 0 spiro atoms. The second-order valence-corrected chi connectivity index (χ2v) is 15.5. The summed E-state index contributed by atoms with van der Waals surface area (Å²) in [6.45, 7) is 5.69. The zero-order valence-electron chi connectivity index (χ0n) is 37.4. The number of para-hydroxylation sites is 1. The summed E-state index contributed by atoms with van der Waals surface area (Å²) in [5, 5.41) is 73.8. The van der Waals surface area contributed by atoms with Crippen molar-refractivity contribution in [1.29, 1.82) is 0 Å². The number of carboxylic acid groups (broad SMARTS) is 3. The second kappa shape index (κ2) is 26.0. The number of carbonyl (C=O) groups excluding carboxylic acids is 3. The quantitative estimate of drug-likeness (QED) is 0.0269. The van der Waals surface area contributed by atoms with Gasteiger partial charge in [-0.25, -0.2) is 0 Å². The van der Waals surface area contributed by atoms with Gasteiger partial charge in [-0.1, -0.05) is 92.7 Å². The van der Waals surface area contributed by atoms with Crippen molar-refractivity contribution in [3.63, 3.8) is 0 Å². The van der Waals surface area contributed by atoms with E-state index < -0.39 is 17.9 Å². The van der Waals surface area contributed by atoms with Crippen LogP contribution in [0.4, 0.5) is 17.1 Å². The fourth-order valence-electron chi connectivity index (χ4n) is 7.67. The molecule has 0 aliphatic carbocycles. The SMILES string of the molecule is CCC(CC(CC(C)c1ccc(CNc2ccc(O)c(C(=O)[O-])c2)cc1)c1ccc(CNc2ccc(C(=O)[O-])c(O)c2)cc1)c1ccc(CNc2cccc(C(=O)[O-])c2O)cc1.[Na+].[Na+].[Na+]. The van der Waals surface area contributed by atoms with E-state index >= 15 is 0 Å². The molecular weight excluding hydrogens is 856 g/mol. The summed E-state index contributed by atoms with van der Waals surface area (Å²) in [6, 6.07) is 38.1. The molecule has 6 aromatic rings. The normalized spacial score (nSPS) is 11.9. The molecule has 6 rings (SSSR count). The van der Waals surface area contributed by atoms with Gasteiger partial charge in [-0.3, -0.25) is 0 Å². The minimum Gasteiger partial charge on any atom is -0.545 e.